The molecule has 2 unspecified atom stereocenters. The highest BCUT2D eigenvalue weighted by molar-refractivity contribution is 5.86. The van der Waals surface area contributed by atoms with Gasteiger partial charge in [-0.05, 0) is 19.9 Å². The zero-order valence-corrected chi connectivity index (χ0v) is 16.2. The molecule has 2 heterocycles. The highest BCUT2D eigenvalue weighted by Crippen LogP contribution is 2.33. The number of hydrogen-bond acceptors (Lipinski definition) is 5. The number of para-hydroxylation sites is 1. The van der Waals surface area contributed by atoms with Crippen molar-refractivity contribution in [2.75, 3.05) is 32.7 Å². The predicted octanol–water partition coefficient (Wildman–Crippen LogP) is 1.39. The maximum absolute atomic E-state index is 12.8. The molecule has 0 aliphatic carbocycles. The molecular formula is C19H29N4O4+. The lowest BCUT2D eigenvalue weighted by Gasteiger charge is -2.46. The molecule has 8 heteroatoms. The molecule has 2 atom stereocenters. The highest BCUT2D eigenvalue weighted by atomic mass is 16.6. The molecule has 1 aromatic carbocycles. The predicted molar refractivity (Wildman–Crippen MR) is 99.0 cm³/mol. The molecule has 2 aliphatic rings. The number of nitrogens with one attached hydrogen (secondary N) is 1. The third-order valence-electron chi connectivity index (χ3n) is 6.18. The quantitative estimate of drug-likeness (QED) is 0.445. The first-order valence-corrected chi connectivity index (χ1v) is 9.61. The second kappa shape index (κ2) is 7.84. The molecule has 0 saturated carbocycles. The van der Waals surface area contributed by atoms with E-state index in [9.17, 15) is 14.8 Å². The van der Waals surface area contributed by atoms with Crippen LogP contribution in [0.4, 0.5) is 4.79 Å². The minimum absolute atomic E-state index is 0.241. The van der Waals surface area contributed by atoms with Crippen LogP contribution in [0.1, 0.15) is 26.3 Å². The van der Waals surface area contributed by atoms with Crippen LogP contribution in [0, 0.1) is 0 Å². The molecule has 2 N–H and O–H groups in total. The Kier molecular flexibility index (Phi) is 5.69. The van der Waals surface area contributed by atoms with Gasteiger partial charge in [-0.3, -0.25) is 14.9 Å². The minimum Gasteiger partial charge on any atom is -0.410 e. The Bertz CT molecular complexity index is 707. The van der Waals surface area contributed by atoms with Gasteiger partial charge in [-0.1, -0.05) is 25.1 Å². The average molecular weight is 377 g/mol. The number of fused-ring (bicyclic) bond motifs is 1. The summed E-state index contributed by atoms with van der Waals surface area (Å²) in [5.74, 6) is -0.0616. The lowest BCUT2D eigenvalue weighted by molar-refractivity contribution is -0.942. The van der Waals surface area contributed by atoms with Crippen LogP contribution >= 0.6 is 0 Å². The minimum atomic E-state index is -0.849. The van der Waals surface area contributed by atoms with Crippen molar-refractivity contribution in [1.29, 1.82) is 0 Å². The topological polar surface area (TPSA) is 82.1 Å². The molecule has 0 radical (unpaired) electrons. The number of hydrogen-bond donors (Lipinski definition) is 2. The average Bonchev–Trinajstić information content (AvgIpc) is 3.07. The van der Waals surface area contributed by atoms with Gasteiger partial charge in [0.2, 0.25) is 0 Å². The Balaban J connectivity index is 2.03. The fraction of sp³-hybridized carbons (Fsp3) is 0.579. The summed E-state index contributed by atoms with van der Waals surface area (Å²) in [6.45, 7) is 10.7. The van der Waals surface area contributed by atoms with Gasteiger partial charge in [0.05, 0.1) is 32.7 Å². The smallest absolute Gasteiger partial charge is 0.410 e. The summed E-state index contributed by atoms with van der Waals surface area (Å²) in [6.07, 6.45) is -0.800. The zero-order chi connectivity index (χ0) is 19.6. The Morgan fingerprint density at radius 1 is 1.33 bits per heavy atom. The Morgan fingerprint density at radius 3 is 2.67 bits per heavy atom. The third kappa shape index (κ3) is 3.28. The van der Waals surface area contributed by atoms with Gasteiger partial charge >= 0.3 is 6.09 Å². The van der Waals surface area contributed by atoms with Crippen molar-refractivity contribution in [3.63, 3.8) is 0 Å². The van der Waals surface area contributed by atoms with Crippen molar-refractivity contribution in [2.45, 2.75) is 39.5 Å². The summed E-state index contributed by atoms with van der Waals surface area (Å²) < 4.78 is 6.18. The third-order valence-corrected chi connectivity index (χ3v) is 6.18. The van der Waals surface area contributed by atoms with Crippen molar-refractivity contribution >= 4 is 12.0 Å². The van der Waals surface area contributed by atoms with Crippen molar-refractivity contribution in [1.82, 2.24) is 15.3 Å². The number of carbonyl (C=O) groups excluding carboxylic acids is 2. The second-order valence-electron chi connectivity index (χ2n) is 7.14. The first-order valence-electron chi connectivity index (χ1n) is 9.61. The highest BCUT2D eigenvalue weighted by Gasteiger charge is 2.54. The number of likely N-dealkylation sites (N-methyl/N-ethyl adjacent to an activating group) is 2. The van der Waals surface area contributed by atoms with E-state index in [-0.39, 0.29) is 12.7 Å². The molecular weight excluding hydrogens is 348 g/mol. The summed E-state index contributed by atoms with van der Waals surface area (Å²) in [5.41, 5.74) is 2.64. The van der Waals surface area contributed by atoms with Gasteiger partial charge in [0.1, 0.15) is 5.75 Å². The molecule has 0 spiro atoms. The number of hydroxylamine groups is 1. The zero-order valence-electron chi connectivity index (χ0n) is 16.2. The van der Waals surface area contributed by atoms with E-state index in [0.29, 0.717) is 10.2 Å². The Morgan fingerprint density at radius 2 is 2.04 bits per heavy atom. The standard InChI is InChI=1S/C19H28N4O4/c1-4-21-11-12-23(5-2,6-3)18(21)16(17(24)20-26)22-13-14-9-7-8-10-15(14)27-19(22)25/h7-10,16,18H,4-6,11-13H2,1-3H3,(H-,20,24,26)/p+1. The van der Waals surface area contributed by atoms with E-state index in [1.165, 1.54) is 4.90 Å². The SMILES string of the molecule is CCN1CC[N+](CC)(CC)C1C(C(=O)NO)N1Cc2ccccc2OC1=O. The molecule has 0 bridgehead atoms. The van der Waals surface area contributed by atoms with Crippen molar-refractivity contribution < 1.29 is 24.0 Å². The molecule has 2 aliphatic heterocycles. The monoisotopic (exact) mass is 377 g/mol. The normalized spacial score (nSPS) is 22.9. The van der Waals surface area contributed by atoms with Crippen LogP contribution in [0.15, 0.2) is 24.3 Å². The Hall–Kier alpha value is -2.16. The van der Waals surface area contributed by atoms with Crippen LogP contribution < -0.4 is 10.2 Å². The molecule has 3 rings (SSSR count). The van der Waals surface area contributed by atoms with E-state index in [1.807, 2.05) is 18.2 Å². The maximum Gasteiger partial charge on any atom is 0.416 e. The van der Waals surface area contributed by atoms with Gasteiger partial charge in [-0.15, -0.1) is 0 Å². The molecule has 1 fully saturated rings. The van der Waals surface area contributed by atoms with Crippen LogP contribution in [-0.2, 0) is 11.3 Å². The maximum atomic E-state index is 12.8. The van der Waals surface area contributed by atoms with E-state index in [1.54, 1.807) is 11.5 Å². The van der Waals surface area contributed by atoms with Gasteiger partial charge in [0, 0.05) is 12.1 Å². The summed E-state index contributed by atoms with van der Waals surface area (Å²) in [7, 11) is 0. The second-order valence-corrected chi connectivity index (χ2v) is 7.14. The lowest BCUT2D eigenvalue weighted by atomic mass is 10.1. The van der Waals surface area contributed by atoms with Gasteiger partial charge in [0.25, 0.3) is 5.91 Å². The molecule has 1 saturated heterocycles. The van der Waals surface area contributed by atoms with E-state index in [0.717, 1.165) is 38.3 Å². The summed E-state index contributed by atoms with van der Waals surface area (Å²) in [4.78, 5) is 29.2. The van der Waals surface area contributed by atoms with Gasteiger partial charge in [-0.2, -0.15) is 0 Å². The largest absolute Gasteiger partial charge is 0.416 e. The van der Waals surface area contributed by atoms with Gasteiger partial charge in [-0.25, -0.2) is 15.2 Å². The number of amides is 2. The summed E-state index contributed by atoms with van der Waals surface area (Å²) in [6, 6.07) is 6.47. The van der Waals surface area contributed by atoms with E-state index in [2.05, 4.69) is 25.7 Å². The van der Waals surface area contributed by atoms with Crippen molar-refractivity contribution in [2.24, 2.45) is 0 Å². The molecule has 0 aromatic heterocycles. The fourth-order valence-electron chi connectivity index (χ4n) is 4.55. The number of quaternary nitrogens is 1. The molecule has 1 aromatic rings. The first kappa shape index (κ1) is 19.6. The number of nitrogens with zero attached hydrogens (tertiary/aromatic N) is 3. The van der Waals surface area contributed by atoms with Crippen LogP contribution in [0.2, 0.25) is 0 Å². The van der Waals surface area contributed by atoms with Gasteiger partial charge in [0.15, 0.2) is 12.2 Å². The van der Waals surface area contributed by atoms with E-state index in [4.69, 9.17) is 4.74 Å². The van der Waals surface area contributed by atoms with Crippen molar-refractivity contribution in [3.8, 4) is 5.75 Å². The first-order chi connectivity index (χ1) is 13.0. The molecule has 27 heavy (non-hydrogen) atoms. The number of benzene rings is 1. The van der Waals surface area contributed by atoms with Crippen LogP contribution in [0.5, 0.6) is 5.75 Å². The molecule has 2 amide bonds. The van der Waals surface area contributed by atoms with Gasteiger partial charge < -0.3 is 9.22 Å². The Labute approximate surface area is 159 Å². The number of carbonyl (C=O) groups is 2. The van der Waals surface area contributed by atoms with E-state index < -0.39 is 18.0 Å². The van der Waals surface area contributed by atoms with Crippen molar-refractivity contribution in [3.05, 3.63) is 29.8 Å². The van der Waals surface area contributed by atoms with Crippen LogP contribution in [0.25, 0.3) is 0 Å². The lowest BCUT2D eigenvalue weighted by Crippen LogP contribution is -2.68. The summed E-state index contributed by atoms with van der Waals surface area (Å²) >= 11 is 0. The van der Waals surface area contributed by atoms with Crippen LogP contribution in [-0.4, -0.2) is 76.4 Å². The van der Waals surface area contributed by atoms with E-state index >= 15 is 0 Å². The number of ether oxygens (including phenoxy) is 1. The summed E-state index contributed by atoms with van der Waals surface area (Å²) in [5, 5.41) is 9.45. The molecule has 148 valence electrons. The molecule has 8 nitrogen and oxygen atoms in total. The fourth-order valence-corrected chi connectivity index (χ4v) is 4.55. The number of rotatable bonds is 6. The van der Waals surface area contributed by atoms with Crippen LogP contribution in [0.3, 0.4) is 0 Å².